The highest BCUT2D eigenvalue weighted by Gasteiger charge is 2.34. The largest absolute Gasteiger partial charge is 0.311 e. The van der Waals surface area contributed by atoms with Gasteiger partial charge in [-0.05, 0) is 30.4 Å². The van der Waals surface area contributed by atoms with Crippen LogP contribution in [0.3, 0.4) is 0 Å². The van der Waals surface area contributed by atoms with Gasteiger partial charge in [0.15, 0.2) is 0 Å². The van der Waals surface area contributed by atoms with Gasteiger partial charge in [-0.2, -0.15) is 0 Å². The molecule has 1 N–H and O–H groups in total. The standard InChI is InChI=1S/C22H27N5.2ClH/c1-15(2)16-4-6-17(7-5-16)21-20(27-11-3-10-23-22(27)25-21)14-26-13-18-8-9-19(26)12-24-18;;/h3-7,10-11,15,18-19,24H,8-9,12-14H2,1-2H3;2*1H. The average molecular weight is 434 g/mol. The minimum atomic E-state index is 0. The molecule has 6 rings (SSSR count). The van der Waals surface area contributed by atoms with Crippen LogP contribution >= 0.6 is 24.8 Å². The van der Waals surface area contributed by atoms with Crippen LogP contribution in [-0.4, -0.2) is 44.4 Å². The third-order valence-corrected chi connectivity index (χ3v) is 6.17. The summed E-state index contributed by atoms with van der Waals surface area (Å²) in [5.41, 5.74) is 4.86. The van der Waals surface area contributed by atoms with Crippen LogP contribution in [0.25, 0.3) is 17.0 Å². The SMILES string of the molecule is CC(C)c1ccc(-c2nc3ncccn3c2CN2CC3CCC2CN3)cc1.Cl.Cl. The van der Waals surface area contributed by atoms with Gasteiger partial charge in [0.1, 0.15) is 0 Å². The molecule has 3 fully saturated rings. The molecule has 3 saturated heterocycles. The fourth-order valence-corrected chi connectivity index (χ4v) is 4.53. The van der Waals surface area contributed by atoms with Crippen LogP contribution in [0.2, 0.25) is 0 Å². The van der Waals surface area contributed by atoms with Gasteiger partial charge < -0.3 is 5.32 Å². The first-order chi connectivity index (χ1) is 13.2. The van der Waals surface area contributed by atoms with Crippen molar-refractivity contribution >= 4 is 30.6 Å². The zero-order chi connectivity index (χ0) is 18.4. The number of benzene rings is 1. The van der Waals surface area contributed by atoms with Gasteiger partial charge in [0.25, 0.3) is 0 Å². The molecule has 0 amide bonds. The van der Waals surface area contributed by atoms with Crippen molar-refractivity contribution in [1.29, 1.82) is 0 Å². The number of hydrogen-bond acceptors (Lipinski definition) is 4. The third-order valence-electron chi connectivity index (χ3n) is 6.17. The van der Waals surface area contributed by atoms with E-state index < -0.39 is 0 Å². The monoisotopic (exact) mass is 433 g/mol. The van der Waals surface area contributed by atoms with Crippen molar-refractivity contribution in [2.45, 2.75) is 51.2 Å². The number of piperidine rings is 2. The van der Waals surface area contributed by atoms with E-state index in [1.165, 1.54) is 29.7 Å². The molecule has 2 bridgehead atoms. The van der Waals surface area contributed by atoms with E-state index in [1.54, 1.807) is 0 Å². The Morgan fingerprint density at radius 2 is 1.93 bits per heavy atom. The quantitative estimate of drug-likeness (QED) is 0.665. The number of halogens is 2. The molecule has 7 heteroatoms. The van der Waals surface area contributed by atoms with Crippen molar-refractivity contribution in [1.82, 2.24) is 24.6 Å². The van der Waals surface area contributed by atoms with Gasteiger partial charge in [-0.25, -0.2) is 9.97 Å². The van der Waals surface area contributed by atoms with E-state index >= 15 is 0 Å². The highest BCUT2D eigenvalue weighted by molar-refractivity contribution is 5.85. The molecular weight excluding hydrogens is 405 g/mol. The molecular formula is C22H29Cl2N5. The zero-order valence-electron chi connectivity index (χ0n) is 16.9. The van der Waals surface area contributed by atoms with Gasteiger partial charge in [-0.1, -0.05) is 38.1 Å². The van der Waals surface area contributed by atoms with Crippen LogP contribution in [0, 0.1) is 0 Å². The molecule has 0 aliphatic carbocycles. The van der Waals surface area contributed by atoms with Crippen LogP contribution in [0.5, 0.6) is 0 Å². The van der Waals surface area contributed by atoms with E-state index in [4.69, 9.17) is 4.98 Å². The number of nitrogens with one attached hydrogen (secondary N) is 1. The van der Waals surface area contributed by atoms with Gasteiger partial charge >= 0.3 is 0 Å². The Labute approximate surface area is 184 Å². The Bertz CT molecular complexity index is 945. The van der Waals surface area contributed by atoms with Crippen molar-refractivity contribution in [2.24, 2.45) is 0 Å². The molecule has 0 spiro atoms. The molecule has 3 aliphatic heterocycles. The lowest BCUT2D eigenvalue weighted by atomic mass is 9.92. The number of nitrogens with zero attached hydrogens (tertiary/aromatic N) is 4. The van der Waals surface area contributed by atoms with Crippen LogP contribution in [0.1, 0.15) is 43.9 Å². The van der Waals surface area contributed by atoms with Crippen LogP contribution in [0.15, 0.2) is 42.7 Å². The lowest BCUT2D eigenvalue weighted by molar-refractivity contribution is 0.0674. The van der Waals surface area contributed by atoms with Crippen molar-refractivity contribution in [2.75, 3.05) is 13.1 Å². The van der Waals surface area contributed by atoms with Gasteiger partial charge in [0.05, 0.1) is 11.4 Å². The summed E-state index contributed by atoms with van der Waals surface area (Å²) in [6.45, 7) is 7.63. The second-order valence-electron chi connectivity index (χ2n) is 8.24. The number of imidazole rings is 1. The summed E-state index contributed by atoms with van der Waals surface area (Å²) in [4.78, 5) is 12.0. The van der Waals surface area contributed by atoms with E-state index in [9.17, 15) is 0 Å². The number of aromatic nitrogens is 3. The van der Waals surface area contributed by atoms with Crippen molar-refractivity contribution in [3.63, 3.8) is 0 Å². The van der Waals surface area contributed by atoms with Crippen molar-refractivity contribution < 1.29 is 0 Å². The minimum absolute atomic E-state index is 0. The summed E-state index contributed by atoms with van der Waals surface area (Å²) in [7, 11) is 0. The van der Waals surface area contributed by atoms with Crippen molar-refractivity contribution in [3.05, 3.63) is 54.0 Å². The molecule has 5 heterocycles. The maximum atomic E-state index is 4.89. The number of rotatable bonds is 4. The molecule has 2 aromatic heterocycles. The fraction of sp³-hybridized carbons (Fsp3) is 0.455. The Balaban J connectivity index is 0.00000120. The summed E-state index contributed by atoms with van der Waals surface area (Å²) in [6.07, 6.45) is 6.52. The molecule has 5 nitrogen and oxygen atoms in total. The summed E-state index contributed by atoms with van der Waals surface area (Å²) >= 11 is 0. The summed E-state index contributed by atoms with van der Waals surface area (Å²) in [6, 6.07) is 12.2. The van der Waals surface area contributed by atoms with Gasteiger partial charge in [0, 0.05) is 49.7 Å². The predicted molar refractivity (Wildman–Crippen MR) is 122 cm³/mol. The molecule has 2 unspecified atom stereocenters. The molecule has 0 radical (unpaired) electrons. The topological polar surface area (TPSA) is 45.5 Å². The molecule has 3 aliphatic rings. The average Bonchev–Trinajstić information content (AvgIpc) is 3.07. The first-order valence-corrected chi connectivity index (χ1v) is 10.1. The van der Waals surface area contributed by atoms with E-state index in [0.717, 1.165) is 31.1 Å². The smallest absolute Gasteiger partial charge is 0.234 e. The van der Waals surface area contributed by atoms with Crippen LogP contribution < -0.4 is 5.32 Å². The van der Waals surface area contributed by atoms with Gasteiger partial charge in [-0.3, -0.25) is 9.30 Å². The van der Waals surface area contributed by atoms with E-state index in [-0.39, 0.29) is 24.8 Å². The van der Waals surface area contributed by atoms with E-state index in [1.807, 2.05) is 12.3 Å². The minimum Gasteiger partial charge on any atom is -0.311 e. The summed E-state index contributed by atoms with van der Waals surface area (Å²) in [5, 5.41) is 3.65. The predicted octanol–water partition coefficient (Wildman–Crippen LogP) is 4.30. The highest BCUT2D eigenvalue weighted by Crippen LogP contribution is 2.30. The molecule has 29 heavy (non-hydrogen) atoms. The van der Waals surface area contributed by atoms with Gasteiger partial charge in [0.2, 0.25) is 5.78 Å². The Morgan fingerprint density at radius 3 is 2.55 bits per heavy atom. The number of piperazine rings is 1. The van der Waals surface area contributed by atoms with Crippen LogP contribution in [-0.2, 0) is 6.54 Å². The molecule has 3 aromatic rings. The zero-order valence-corrected chi connectivity index (χ0v) is 18.5. The number of hydrogen-bond donors (Lipinski definition) is 1. The Morgan fingerprint density at radius 1 is 1.14 bits per heavy atom. The van der Waals surface area contributed by atoms with Crippen molar-refractivity contribution in [3.8, 4) is 11.3 Å². The van der Waals surface area contributed by atoms with Gasteiger partial charge in [-0.15, -0.1) is 24.8 Å². The first-order valence-electron chi connectivity index (χ1n) is 10.1. The second kappa shape index (κ2) is 9.00. The highest BCUT2D eigenvalue weighted by atomic mass is 35.5. The molecule has 0 saturated carbocycles. The fourth-order valence-electron chi connectivity index (χ4n) is 4.53. The van der Waals surface area contributed by atoms with Crippen LogP contribution in [0.4, 0.5) is 0 Å². The maximum Gasteiger partial charge on any atom is 0.234 e. The van der Waals surface area contributed by atoms with E-state index in [2.05, 4.69) is 63.9 Å². The Kier molecular flexibility index (Phi) is 6.84. The summed E-state index contributed by atoms with van der Waals surface area (Å²) < 4.78 is 2.17. The number of fused-ring (bicyclic) bond motifs is 4. The normalized spacial score (nSPS) is 21.2. The first kappa shape index (κ1) is 22.0. The third kappa shape index (κ3) is 4.15. The molecule has 1 aromatic carbocycles. The Hall–Kier alpha value is -1.66. The lowest BCUT2D eigenvalue weighted by Crippen LogP contribution is -2.60. The second-order valence-corrected chi connectivity index (χ2v) is 8.24. The molecule has 156 valence electrons. The lowest BCUT2D eigenvalue weighted by Gasteiger charge is -2.46. The maximum absolute atomic E-state index is 4.89. The molecule has 2 atom stereocenters. The summed E-state index contributed by atoms with van der Waals surface area (Å²) in [5.74, 6) is 1.33. The van der Waals surface area contributed by atoms with E-state index in [0.29, 0.717) is 18.0 Å².